The van der Waals surface area contributed by atoms with Crippen LogP contribution in [0.25, 0.3) is 0 Å². The van der Waals surface area contributed by atoms with Gasteiger partial charge in [0.2, 0.25) is 0 Å². The lowest BCUT2D eigenvalue weighted by Gasteiger charge is -2.49. The molecule has 0 aromatic rings. The zero-order valence-corrected chi connectivity index (χ0v) is 38.3. The number of hydrogen-bond acceptors (Lipinski definition) is 18. The second-order valence-electron chi connectivity index (χ2n) is 18.4. The molecule has 4 heterocycles. The Balaban J connectivity index is 0.00000102. The molecular weight excluding hydrogens is 820 g/mol. The van der Waals surface area contributed by atoms with E-state index in [4.69, 9.17) is 53.8 Å². The van der Waals surface area contributed by atoms with E-state index in [9.17, 15) is 39.3 Å². The van der Waals surface area contributed by atoms with E-state index in [1.54, 1.807) is 62.3 Å². The van der Waals surface area contributed by atoms with Crippen LogP contribution >= 0.6 is 0 Å². The van der Waals surface area contributed by atoms with Gasteiger partial charge in [-0.1, -0.05) is 27.7 Å². The first-order valence-corrected chi connectivity index (χ1v) is 21.3. The van der Waals surface area contributed by atoms with Crippen LogP contribution in [0.2, 0.25) is 0 Å². The van der Waals surface area contributed by atoms with Crippen LogP contribution in [0.15, 0.2) is 0 Å². The largest absolute Gasteiger partial charge is 0.509 e. The van der Waals surface area contributed by atoms with Gasteiger partial charge in [-0.2, -0.15) is 0 Å². The summed E-state index contributed by atoms with van der Waals surface area (Å²) in [6.07, 6.45) is -10.3. The van der Waals surface area contributed by atoms with Crippen molar-refractivity contribution in [3.8, 4) is 0 Å². The van der Waals surface area contributed by atoms with Crippen molar-refractivity contribution in [3.05, 3.63) is 0 Å². The van der Waals surface area contributed by atoms with Gasteiger partial charge in [-0.3, -0.25) is 19.2 Å². The quantitative estimate of drug-likeness (QED) is 0.171. The number of aliphatic hydroxyl groups is 3. The van der Waals surface area contributed by atoms with Gasteiger partial charge in [0.25, 0.3) is 0 Å². The number of hydrogen-bond donors (Lipinski definition) is 6. The maximum Gasteiger partial charge on any atom is 0.509 e. The number of fused-ring (bicyclic) bond motifs is 1. The fraction of sp³-hybridized carbons (Fsp3) is 0.881. The van der Waals surface area contributed by atoms with E-state index < -0.39 is 132 Å². The normalized spacial score (nSPS) is 43.8. The molecule has 20 heteroatoms. The summed E-state index contributed by atoms with van der Waals surface area (Å²) in [5.41, 5.74) is 0.509. The molecule has 4 aliphatic rings. The van der Waals surface area contributed by atoms with Gasteiger partial charge in [0.05, 0.1) is 53.9 Å². The topological polar surface area (TPSA) is 290 Å². The van der Waals surface area contributed by atoms with Crippen LogP contribution in [-0.4, -0.2) is 172 Å². The number of Topliss-reactive ketones (excluding diaryl/α,β-unsaturated/α-hetero) is 1. The van der Waals surface area contributed by atoms with Crippen molar-refractivity contribution >= 4 is 29.8 Å². The first-order chi connectivity index (χ1) is 28.5. The number of aliphatic hydroxyl groups excluding tert-OH is 2. The maximum absolute atomic E-state index is 14.3. The van der Waals surface area contributed by atoms with Crippen molar-refractivity contribution in [3.63, 3.8) is 0 Å². The highest BCUT2D eigenvalue weighted by atomic mass is 16.8. The Labute approximate surface area is 363 Å². The van der Waals surface area contributed by atoms with Crippen LogP contribution in [0.4, 0.5) is 4.79 Å². The molecule has 0 unspecified atom stereocenters. The fourth-order valence-corrected chi connectivity index (χ4v) is 9.30. The predicted octanol–water partition coefficient (Wildman–Crippen LogP) is 1.84. The Hall–Kier alpha value is -3.05. The number of ketones is 1. The van der Waals surface area contributed by atoms with Crippen LogP contribution in [-0.2, 0) is 57.1 Å². The molecule has 4 rings (SSSR count). The van der Waals surface area contributed by atoms with Crippen molar-refractivity contribution in [1.29, 1.82) is 0 Å². The van der Waals surface area contributed by atoms with Gasteiger partial charge < -0.3 is 74.1 Å². The molecule has 4 aliphatic heterocycles. The van der Waals surface area contributed by atoms with Crippen LogP contribution in [0.3, 0.4) is 0 Å². The number of carboxylic acids is 2. The number of ether oxygens (including phenoxy) is 8. The predicted molar refractivity (Wildman–Crippen MR) is 217 cm³/mol. The van der Waals surface area contributed by atoms with Crippen LogP contribution in [0.1, 0.15) is 101 Å². The third-order valence-electron chi connectivity index (χ3n) is 13.0. The number of nitrogens with two attached hydrogens (primary N) is 1. The molecule has 0 spiro atoms. The number of carboxylic acid groups (broad SMARTS) is 2. The van der Waals surface area contributed by atoms with Gasteiger partial charge >= 0.3 is 24.1 Å². The third kappa shape index (κ3) is 12.2. The summed E-state index contributed by atoms with van der Waals surface area (Å²) in [7, 11) is 5.20. The minimum absolute atomic E-state index is 0.0996. The molecule has 0 aromatic carbocycles. The van der Waals surface area contributed by atoms with Crippen molar-refractivity contribution in [2.45, 2.75) is 192 Å². The van der Waals surface area contributed by atoms with Gasteiger partial charge in [0.15, 0.2) is 24.3 Å². The molecule has 62 heavy (non-hydrogen) atoms. The molecule has 20 nitrogen and oxygen atoms in total. The monoisotopic (exact) mass is 892 g/mol. The van der Waals surface area contributed by atoms with E-state index >= 15 is 0 Å². The smallest absolute Gasteiger partial charge is 0.481 e. The first kappa shape index (κ1) is 53.3. The summed E-state index contributed by atoms with van der Waals surface area (Å²) in [4.78, 5) is 62.6. The number of carbonyl (C=O) groups is 5. The molecule has 0 bridgehead atoms. The maximum atomic E-state index is 14.3. The van der Waals surface area contributed by atoms with Crippen LogP contribution in [0.5, 0.6) is 0 Å². The molecule has 0 aliphatic carbocycles. The molecular formula is C42H72N2O18. The van der Waals surface area contributed by atoms with E-state index in [1.165, 1.54) is 7.11 Å². The van der Waals surface area contributed by atoms with E-state index in [2.05, 4.69) is 0 Å². The molecule has 7 N–H and O–H groups in total. The molecule has 0 radical (unpaired) electrons. The summed E-state index contributed by atoms with van der Waals surface area (Å²) in [6.45, 7) is 16.9. The average Bonchev–Trinajstić information content (AvgIpc) is 3.49. The minimum Gasteiger partial charge on any atom is -0.481 e. The molecule has 358 valence electrons. The summed E-state index contributed by atoms with van der Waals surface area (Å²) >= 11 is 0. The number of methoxy groups -OCH3 is 1. The van der Waals surface area contributed by atoms with Crippen molar-refractivity contribution < 1.29 is 87.4 Å². The zero-order chi connectivity index (χ0) is 47.4. The van der Waals surface area contributed by atoms with E-state index in [0.717, 1.165) is 0 Å². The Kier molecular flexibility index (Phi) is 18.3. The second kappa shape index (κ2) is 21.3. The third-order valence-corrected chi connectivity index (χ3v) is 13.0. The Morgan fingerprint density at radius 2 is 1.55 bits per heavy atom. The zero-order valence-electron chi connectivity index (χ0n) is 38.3. The Bertz CT molecular complexity index is 1560. The van der Waals surface area contributed by atoms with Crippen molar-refractivity contribution in [2.75, 3.05) is 21.2 Å². The lowest BCUT2D eigenvalue weighted by molar-refractivity contribution is -0.318. The van der Waals surface area contributed by atoms with Crippen molar-refractivity contribution in [2.24, 2.45) is 29.4 Å². The Morgan fingerprint density at radius 3 is 2.06 bits per heavy atom. The number of cyclic esters (lactones) is 1. The number of aliphatic carboxylic acids is 2. The highest BCUT2D eigenvalue weighted by Crippen LogP contribution is 2.43. The van der Waals surface area contributed by atoms with Gasteiger partial charge in [-0.05, 0) is 74.9 Å². The van der Waals surface area contributed by atoms with Crippen LogP contribution in [0, 0.1) is 23.7 Å². The molecule has 4 fully saturated rings. The lowest BCUT2D eigenvalue weighted by atomic mass is 9.74. The molecule has 0 aromatic heterocycles. The van der Waals surface area contributed by atoms with Crippen LogP contribution < -0.4 is 5.73 Å². The number of likely N-dealkylation sites (N-methyl/N-ethyl adjacent to an activating group) is 1. The highest BCUT2D eigenvalue weighted by Gasteiger charge is 2.59. The number of nitrogens with zero attached hydrogens (tertiary/aromatic N) is 1. The van der Waals surface area contributed by atoms with Gasteiger partial charge in [0.1, 0.15) is 30.1 Å². The molecule has 4 saturated heterocycles. The van der Waals surface area contributed by atoms with Gasteiger partial charge in [-0.15, -0.1) is 0 Å². The first-order valence-electron chi connectivity index (χ1n) is 21.3. The highest BCUT2D eigenvalue weighted by molar-refractivity contribution is 5.84. The summed E-state index contributed by atoms with van der Waals surface area (Å²) < 4.78 is 48.7. The lowest BCUT2D eigenvalue weighted by Crippen LogP contribution is -2.61. The second-order valence-corrected chi connectivity index (χ2v) is 18.4. The fourth-order valence-electron chi connectivity index (χ4n) is 9.30. The number of esters is 1. The van der Waals surface area contributed by atoms with E-state index in [1.807, 2.05) is 25.9 Å². The summed E-state index contributed by atoms with van der Waals surface area (Å²) in [6, 6.07) is -1.61. The van der Waals surface area contributed by atoms with Gasteiger partial charge in [0, 0.05) is 31.4 Å². The summed E-state index contributed by atoms with van der Waals surface area (Å²) in [5.74, 6) is -7.04. The Morgan fingerprint density at radius 1 is 0.935 bits per heavy atom. The molecule has 0 saturated carbocycles. The average molecular weight is 893 g/mol. The number of carbonyl (C=O) groups excluding carboxylic acids is 3. The van der Waals surface area contributed by atoms with Gasteiger partial charge in [-0.25, -0.2) is 4.79 Å². The van der Waals surface area contributed by atoms with E-state index in [-0.39, 0.29) is 37.2 Å². The van der Waals surface area contributed by atoms with Crippen molar-refractivity contribution in [1.82, 2.24) is 4.90 Å². The minimum atomic E-state index is -1.78. The summed E-state index contributed by atoms with van der Waals surface area (Å²) in [5, 5.41) is 51.0. The molecule has 19 atom stereocenters. The van der Waals surface area contributed by atoms with E-state index in [0.29, 0.717) is 6.42 Å². The SMILES string of the molecule is CC[C@H]1OC(=O)[C@H](C)[C@@H](O[C@H]2C[C@@](C)(OC)[C@@H](O)[C@H](C)O2)[C@H](C)[C@@H](O[C@@H]2O[C@H](C)C[C@H](N(C)C)[C@H]2O)[C@](C)(O)C[C@@H](C)C(=O)[C@H](C)[C@H]2OC(=O)O[C@@]21C.N[C@@H](CC(=O)O)C(=O)O. The standard InChI is InChI=1S/C38H65NO14.C4H7NO4/c1-14-25-38(10)32(52-35(44)53-38)20(4)27(40)18(2)16-36(8,45)31(51-34-28(41)24(39(11)12)15-19(3)47-34)21(5)29(22(6)33(43)49-25)50-26-17-37(9,46-13)30(42)23(7)48-26;5-2(4(8)9)1-3(6)7/h18-26,28-32,34,41-42,45H,14-17H2,1-13H3;2H,1,5H2,(H,6,7)(H,8,9)/t18-,19-,20+,21+,22-,23+,24+,25-,26+,28-,29+,30+,31-,32-,34+,36-,37-,38-;2-/m10/s1. The molecule has 0 amide bonds. The number of rotatable bonds is 10.